The average Bonchev–Trinajstić information content (AvgIpc) is 3.58. The monoisotopic (exact) mass is 1160 g/mol. The number of esters is 1. The fourth-order valence-corrected chi connectivity index (χ4v) is 10.7. The van der Waals surface area contributed by atoms with E-state index in [0.29, 0.717) is 39.6 Å². The Kier molecular flexibility index (Phi) is 24.0. The van der Waals surface area contributed by atoms with Gasteiger partial charge in [0.2, 0.25) is 0 Å². The molecule has 13 nitrogen and oxygen atoms in total. The Hall–Kier alpha value is -6.43. The number of hydrogen-bond donors (Lipinski definition) is 0. The SMILES string of the molecule is CCOC(=O)C(C[C@@H](COCc1ccccc1)O[C@@H]1C[C@@H](OCc2ccccc2)[C@H](OCc2ccccc2)[C@@H](C(C)(C)OCc2ccccc2)O1)O[C@@H]1C[C@@H](OCc2ccccc2)[C@H](OCc2ccccc2)[C@@H](C(C)(C)OCc2ccccc2)O1. The summed E-state index contributed by atoms with van der Waals surface area (Å²) in [7, 11) is 0. The van der Waals surface area contributed by atoms with Crippen LogP contribution in [0.5, 0.6) is 0 Å². The Morgan fingerprint density at radius 2 is 0.753 bits per heavy atom. The van der Waals surface area contributed by atoms with E-state index >= 15 is 0 Å². The summed E-state index contributed by atoms with van der Waals surface area (Å²) in [6, 6.07) is 70.2. The van der Waals surface area contributed by atoms with Crippen LogP contribution in [0.1, 0.15) is 92.8 Å². The Morgan fingerprint density at radius 3 is 1.11 bits per heavy atom. The lowest BCUT2D eigenvalue weighted by Gasteiger charge is -2.48. The summed E-state index contributed by atoms with van der Waals surface area (Å²) >= 11 is 0. The molecule has 0 saturated carbocycles. The van der Waals surface area contributed by atoms with Gasteiger partial charge in [-0.15, -0.1) is 0 Å². The van der Waals surface area contributed by atoms with Gasteiger partial charge in [0.05, 0.1) is 89.0 Å². The Morgan fingerprint density at radius 1 is 0.435 bits per heavy atom. The minimum atomic E-state index is -1.21. The van der Waals surface area contributed by atoms with Crippen LogP contribution in [0, 0.1) is 0 Å². The predicted octanol–water partition coefficient (Wildman–Crippen LogP) is 13.5. The van der Waals surface area contributed by atoms with Crippen molar-refractivity contribution in [2.75, 3.05) is 13.2 Å². The third kappa shape index (κ3) is 19.5. The van der Waals surface area contributed by atoms with Gasteiger partial charge in [-0.25, -0.2) is 4.79 Å². The van der Waals surface area contributed by atoms with Gasteiger partial charge in [-0.1, -0.05) is 212 Å². The molecule has 10 atom stereocenters. The highest BCUT2D eigenvalue weighted by molar-refractivity contribution is 5.74. The van der Waals surface area contributed by atoms with Crippen LogP contribution in [0.2, 0.25) is 0 Å². The average molecular weight is 1160 g/mol. The molecule has 0 radical (unpaired) electrons. The molecule has 1 unspecified atom stereocenters. The van der Waals surface area contributed by atoms with Crippen LogP contribution < -0.4 is 0 Å². The number of rotatable bonds is 32. The lowest BCUT2D eigenvalue weighted by Crippen LogP contribution is -2.60. The molecule has 7 aromatic carbocycles. The maximum Gasteiger partial charge on any atom is 0.335 e. The van der Waals surface area contributed by atoms with Crippen LogP contribution in [0.25, 0.3) is 0 Å². The van der Waals surface area contributed by atoms with Crippen molar-refractivity contribution in [1.29, 1.82) is 0 Å². The van der Waals surface area contributed by atoms with E-state index in [2.05, 4.69) is 0 Å². The summed E-state index contributed by atoms with van der Waals surface area (Å²) < 4.78 is 82.1. The van der Waals surface area contributed by atoms with Crippen molar-refractivity contribution in [2.24, 2.45) is 0 Å². The van der Waals surface area contributed by atoms with Gasteiger partial charge in [0.15, 0.2) is 18.7 Å². The van der Waals surface area contributed by atoms with Gasteiger partial charge in [-0.3, -0.25) is 0 Å². The molecule has 7 aromatic rings. The first kappa shape index (κ1) is 63.1. The third-order valence-electron chi connectivity index (χ3n) is 15.3. The van der Waals surface area contributed by atoms with Crippen LogP contribution >= 0.6 is 0 Å². The van der Waals surface area contributed by atoms with Crippen molar-refractivity contribution in [3.05, 3.63) is 251 Å². The van der Waals surface area contributed by atoms with E-state index in [1.807, 2.05) is 240 Å². The number of carbonyl (C=O) groups excluding carboxylic acids is 1. The largest absolute Gasteiger partial charge is 0.464 e. The minimum absolute atomic E-state index is 0.00255. The second-order valence-corrected chi connectivity index (χ2v) is 22.8. The molecule has 0 aromatic heterocycles. The standard InChI is InChI=1S/C72H84O13/c1-6-75-70(73)63(83-65-44-62(77-47-55-32-18-9-19-33-55)67(79-49-57-36-22-11-23-37-57)69(85-65)72(4,5)81-51-59-40-26-13-27-41-59)42-60(52-74-45-53-28-14-7-15-29-53)82-64-43-61(76-46-54-30-16-8-17-31-54)66(78-48-56-34-20-10-21-35-56)68(84-64)71(2,3)80-50-58-38-24-12-25-39-58/h7-41,60-69H,6,42-52H2,1-5H3/t60-,61+,62+,63?,64-,65-,66-,67-,68-,69-/m0/s1. The second-order valence-electron chi connectivity index (χ2n) is 22.8. The molecule has 0 aliphatic carbocycles. The number of ether oxygens (including phenoxy) is 12. The van der Waals surface area contributed by atoms with E-state index in [9.17, 15) is 4.79 Å². The van der Waals surface area contributed by atoms with Crippen molar-refractivity contribution in [3.8, 4) is 0 Å². The quantitative estimate of drug-likeness (QED) is 0.0372. The fourth-order valence-electron chi connectivity index (χ4n) is 10.7. The molecule has 2 heterocycles. The maximum absolute atomic E-state index is 14.6. The van der Waals surface area contributed by atoms with Crippen molar-refractivity contribution in [1.82, 2.24) is 0 Å². The highest BCUT2D eigenvalue weighted by atomic mass is 16.7. The van der Waals surface area contributed by atoms with Crippen molar-refractivity contribution < 1.29 is 61.6 Å². The Bertz CT molecular complexity index is 2960. The first-order valence-corrected chi connectivity index (χ1v) is 29.9. The molecule has 0 N–H and O–H groups in total. The molecule has 2 aliphatic rings. The van der Waals surface area contributed by atoms with E-state index in [-0.39, 0.29) is 39.1 Å². The zero-order valence-corrected chi connectivity index (χ0v) is 49.8. The van der Waals surface area contributed by atoms with Crippen LogP contribution in [0.4, 0.5) is 0 Å². The van der Waals surface area contributed by atoms with Gasteiger partial charge in [0, 0.05) is 19.3 Å². The molecule has 0 bridgehead atoms. The molecule has 2 aliphatic heterocycles. The summed E-state index contributed by atoms with van der Waals surface area (Å²) in [6.07, 6.45) is -7.26. The normalized spacial score (nSPS) is 21.7. The summed E-state index contributed by atoms with van der Waals surface area (Å²) in [5.74, 6) is -0.584. The number of hydrogen-bond acceptors (Lipinski definition) is 13. The fraction of sp³-hybridized carbons (Fsp3) is 0.403. The molecule has 450 valence electrons. The van der Waals surface area contributed by atoms with E-state index in [0.717, 1.165) is 38.9 Å². The third-order valence-corrected chi connectivity index (χ3v) is 15.3. The molecular weight excluding hydrogens is 1070 g/mol. The Balaban J connectivity index is 1.03. The number of carbonyl (C=O) groups is 1. The zero-order chi connectivity index (χ0) is 59.1. The summed E-state index contributed by atoms with van der Waals surface area (Å²) in [5, 5.41) is 0. The molecule has 0 amide bonds. The zero-order valence-electron chi connectivity index (χ0n) is 49.8. The van der Waals surface area contributed by atoms with Crippen molar-refractivity contribution >= 4 is 5.97 Å². The minimum Gasteiger partial charge on any atom is -0.464 e. The second kappa shape index (κ2) is 32.3. The van der Waals surface area contributed by atoms with Crippen LogP contribution in [0.3, 0.4) is 0 Å². The van der Waals surface area contributed by atoms with Gasteiger partial charge in [-0.2, -0.15) is 0 Å². The highest BCUT2D eigenvalue weighted by Gasteiger charge is 2.51. The lowest BCUT2D eigenvalue weighted by atomic mass is 9.89. The van der Waals surface area contributed by atoms with Gasteiger partial charge >= 0.3 is 5.97 Å². The van der Waals surface area contributed by atoms with E-state index in [1.165, 1.54) is 0 Å². The first-order chi connectivity index (χ1) is 41.5. The molecule has 85 heavy (non-hydrogen) atoms. The van der Waals surface area contributed by atoms with E-state index < -0.39 is 78.6 Å². The molecule has 2 saturated heterocycles. The smallest absolute Gasteiger partial charge is 0.335 e. The number of benzene rings is 7. The molecule has 0 spiro atoms. The van der Waals surface area contributed by atoms with Gasteiger partial charge < -0.3 is 56.8 Å². The Labute approximate surface area is 502 Å². The molecular formula is C72H84O13. The van der Waals surface area contributed by atoms with Crippen LogP contribution in [-0.2, 0) is 108 Å². The molecule has 9 rings (SSSR count). The van der Waals surface area contributed by atoms with Gasteiger partial charge in [0.1, 0.15) is 24.4 Å². The van der Waals surface area contributed by atoms with Crippen LogP contribution in [0.15, 0.2) is 212 Å². The topological polar surface area (TPSA) is 128 Å². The highest BCUT2D eigenvalue weighted by Crippen LogP contribution is 2.39. The van der Waals surface area contributed by atoms with E-state index in [1.54, 1.807) is 6.92 Å². The lowest BCUT2D eigenvalue weighted by molar-refractivity contribution is -0.323. The van der Waals surface area contributed by atoms with Gasteiger partial charge in [0.25, 0.3) is 0 Å². The van der Waals surface area contributed by atoms with E-state index in [4.69, 9.17) is 56.8 Å². The first-order valence-electron chi connectivity index (χ1n) is 29.9. The maximum atomic E-state index is 14.6. The van der Waals surface area contributed by atoms with Crippen molar-refractivity contribution in [2.45, 2.75) is 173 Å². The van der Waals surface area contributed by atoms with Crippen LogP contribution in [-0.4, -0.2) is 91.8 Å². The molecule has 13 heteroatoms. The summed E-state index contributed by atoms with van der Waals surface area (Å²) in [4.78, 5) is 14.6. The van der Waals surface area contributed by atoms with Crippen molar-refractivity contribution in [3.63, 3.8) is 0 Å². The molecule has 2 fully saturated rings. The summed E-state index contributed by atoms with van der Waals surface area (Å²) in [5.41, 5.74) is 5.07. The summed E-state index contributed by atoms with van der Waals surface area (Å²) in [6.45, 7) is 12.1. The predicted molar refractivity (Wildman–Crippen MR) is 324 cm³/mol. The van der Waals surface area contributed by atoms with Gasteiger partial charge in [-0.05, 0) is 73.6 Å².